The molecule has 1 unspecified atom stereocenters. The maximum absolute atomic E-state index is 14.1. The molecular weight excluding hydrogens is 485 g/mol. The Morgan fingerprint density at radius 2 is 1.55 bits per heavy atom. The standard InChI is InChI=1S/C31H24FNO5/c1-37-26-17-14-22(32)18-25(26)29(34)27-28(33(31(36)30(27)35)23-10-6-3-7-11-23)21-12-15-24(16-13-21)38-19-20-8-4-2-5-9-20/h2-18,28,34H,19H2,1H3/b29-27+. The van der Waals surface area contributed by atoms with E-state index in [9.17, 15) is 19.1 Å². The number of amides is 1. The van der Waals surface area contributed by atoms with Crippen LogP contribution in [0.3, 0.4) is 0 Å². The number of halogens is 1. The first-order valence-corrected chi connectivity index (χ1v) is 11.9. The van der Waals surface area contributed by atoms with Crippen LogP contribution in [0.1, 0.15) is 22.7 Å². The lowest BCUT2D eigenvalue weighted by molar-refractivity contribution is -0.132. The summed E-state index contributed by atoms with van der Waals surface area (Å²) in [5, 5.41) is 11.3. The molecular formula is C31H24FNO5. The zero-order valence-electron chi connectivity index (χ0n) is 20.5. The normalized spacial score (nSPS) is 16.5. The first kappa shape index (κ1) is 24.8. The smallest absolute Gasteiger partial charge is 0.300 e. The average Bonchev–Trinajstić information content (AvgIpc) is 3.22. The molecule has 0 radical (unpaired) electrons. The molecule has 38 heavy (non-hydrogen) atoms. The van der Waals surface area contributed by atoms with Crippen LogP contribution in [0.25, 0.3) is 5.76 Å². The van der Waals surface area contributed by atoms with E-state index in [0.717, 1.165) is 11.6 Å². The van der Waals surface area contributed by atoms with E-state index in [1.54, 1.807) is 54.6 Å². The molecule has 1 heterocycles. The summed E-state index contributed by atoms with van der Waals surface area (Å²) in [6.45, 7) is 0.377. The minimum absolute atomic E-state index is 0.0219. The predicted octanol–water partition coefficient (Wildman–Crippen LogP) is 6.04. The van der Waals surface area contributed by atoms with Crippen LogP contribution in [0, 0.1) is 5.82 Å². The molecule has 1 aliphatic heterocycles. The largest absolute Gasteiger partial charge is 0.507 e. The molecule has 1 fully saturated rings. The number of aliphatic hydroxyl groups is 1. The van der Waals surface area contributed by atoms with Gasteiger partial charge in [0.1, 0.15) is 29.7 Å². The molecule has 0 spiro atoms. The Hall–Kier alpha value is -4.91. The van der Waals surface area contributed by atoms with Crippen LogP contribution < -0.4 is 14.4 Å². The predicted molar refractivity (Wildman–Crippen MR) is 141 cm³/mol. The number of benzene rings is 4. The number of ketones is 1. The Morgan fingerprint density at radius 1 is 0.895 bits per heavy atom. The monoisotopic (exact) mass is 509 g/mol. The molecule has 1 saturated heterocycles. The lowest BCUT2D eigenvalue weighted by Gasteiger charge is -2.25. The van der Waals surface area contributed by atoms with E-state index >= 15 is 0 Å². The van der Waals surface area contributed by atoms with Gasteiger partial charge < -0.3 is 14.6 Å². The van der Waals surface area contributed by atoms with E-state index in [2.05, 4.69) is 0 Å². The highest BCUT2D eigenvalue weighted by Gasteiger charge is 2.47. The Balaban J connectivity index is 1.58. The van der Waals surface area contributed by atoms with Gasteiger partial charge in [-0.2, -0.15) is 0 Å². The number of anilines is 1. The summed E-state index contributed by atoms with van der Waals surface area (Å²) in [6.07, 6.45) is 0. The van der Waals surface area contributed by atoms with Crippen LogP contribution in [0.5, 0.6) is 11.5 Å². The molecule has 0 aliphatic carbocycles. The summed E-state index contributed by atoms with van der Waals surface area (Å²) >= 11 is 0. The van der Waals surface area contributed by atoms with Gasteiger partial charge >= 0.3 is 0 Å². The topological polar surface area (TPSA) is 76.1 Å². The molecule has 1 atom stereocenters. The molecule has 7 heteroatoms. The van der Waals surface area contributed by atoms with Crippen molar-refractivity contribution in [3.8, 4) is 11.5 Å². The minimum Gasteiger partial charge on any atom is -0.507 e. The highest BCUT2D eigenvalue weighted by Crippen LogP contribution is 2.43. The quantitative estimate of drug-likeness (QED) is 0.187. The van der Waals surface area contributed by atoms with Crippen molar-refractivity contribution in [2.24, 2.45) is 0 Å². The highest BCUT2D eigenvalue weighted by atomic mass is 19.1. The van der Waals surface area contributed by atoms with Gasteiger partial charge in [0.15, 0.2) is 0 Å². The maximum Gasteiger partial charge on any atom is 0.300 e. The number of ether oxygens (including phenoxy) is 2. The molecule has 0 aromatic heterocycles. The van der Waals surface area contributed by atoms with Gasteiger partial charge in [-0.3, -0.25) is 14.5 Å². The number of aliphatic hydroxyl groups excluding tert-OH is 1. The first-order valence-electron chi connectivity index (χ1n) is 11.9. The van der Waals surface area contributed by atoms with Crippen molar-refractivity contribution in [3.05, 3.63) is 131 Å². The van der Waals surface area contributed by atoms with Gasteiger partial charge in [0.05, 0.1) is 24.3 Å². The lowest BCUT2D eigenvalue weighted by Crippen LogP contribution is -2.29. The fourth-order valence-corrected chi connectivity index (χ4v) is 4.50. The number of hydrogen-bond donors (Lipinski definition) is 1. The van der Waals surface area contributed by atoms with Crippen molar-refractivity contribution < 1.29 is 28.6 Å². The lowest BCUT2D eigenvalue weighted by atomic mass is 9.94. The highest BCUT2D eigenvalue weighted by molar-refractivity contribution is 6.51. The van der Waals surface area contributed by atoms with Crippen LogP contribution in [-0.4, -0.2) is 23.9 Å². The molecule has 190 valence electrons. The summed E-state index contributed by atoms with van der Waals surface area (Å²) < 4.78 is 25.3. The number of hydrogen-bond acceptors (Lipinski definition) is 5. The SMILES string of the molecule is COc1ccc(F)cc1/C(O)=C1\C(=O)C(=O)N(c2ccccc2)C1c1ccc(OCc2ccccc2)cc1. The number of carbonyl (C=O) groups is 2. The van der Waals surface area contributed by atoms with Crippen molar-refractivity contribution in [1.29, 1.82) is 0 Å². The van der Waals surface area contributed by atoms with Crippen molar-refractivity contribution in [2.75, 3.05) is 12.0 Å². The molecule has 0 saturated carbocycles. The van der Waals surface area contributed by atoms with Crippen LogP contribution >= 0.6 is 0 Å². The third kappa shape index (κ3) is 4.74. The van der Waals surface area contributed by atoms with Crippen LogP contribution in [0.2, 0.25) is 0 Å². The van der Waals surface area contributed by atoms with E-state index in [0.29, 0.717) is 23.6 Å². The molecule has 6 nitrogen and oxygen atoms in total. The number of Topliss-reactive ketones (excluding diaryl/α,β-unsaturated/α-hetero) is 1. The Morgan fingerprint density at radius 3 is 2.21 bits per heavy atom. The van der Waals surface area contributed by atoms with E-state index < -0.39 is 29.3 Å². The van der Waals surface area contributed by atoms with Gasteiger partial charge in [-0.1, -0.05) is 60.7 Å². The van der Waals surface area contributed by atoms with Gasteiger partial charge in [-0.25, -0.2) is 4.39 Å². The zero-order chi connectivity index (χ0) is 26.6. The van der Waals surface area contributed by atoms with Gasteiger partial charge in [0, 0.05) is 5.69 Å². The Kier molecular flexibility index (Phi) is 6.91. The van der Waals surface area contributed by atoms with Crippen molar-refractivity contribution in [3.63, 3.8) is 0 Å². The van der Waals surface area contributed by atoms with Crippen molar-refractivity contribution in [2.45, 2.75) is 12.6 Å². The fourth-order valence-electron chi connectivity index (χ4n) is 4.50. The van der Waals surface area contributed by atoms with Gasteiger partial charge in [0.2, 0.25) is 0 Å². The molecule has 4 aromatic carbocycles. The number of nitrogens with zero attached hydrogens (tertiary/aromatic N) is 1. The molecule has 1 N–H and O–H groups in total. The molecule has 0 bridgehead atoms. The number of methoxy groups -OCH3 is 1. The number of rotatable bonds is 7. The van der Waals surface area contributed by atoms with Crippen LogP contribution in [0.15, 0.2) is 109 Å². The second kappa shape index (κ2) is 10.6. The summed E-state index contributed by atoms with van der Waals surface area (Å²) in [5.41, 5.74) is 1.87. The molecule has 5 rings (SSSR count). The average molecular weight is 510 g/mol. The second-order valence-corrected chi connectivity index (χ2v) is 8.69. The first-order chi connectivity index (χ1) is 18.5. The van der Waals surface area contributed by atoms with E-state index in [-0.39, 0.29) is 16.9 Å². The zero-order valence-corrected chi connectivity index (χ0v) is 20.5. The van der Waals surface area contributed by atoms with Crippen molar-refractivity contribution >= 4 is 23.1 Å². The van der Waals surface area contributed by atoms with Gasteiger partial charge in [0.25, 0.3) is 11.7 Å². The van der Waals surface area contributed by atoms with E-state index in [1.165, 1.54) is 24.1 Å². The Labute approximate surface area is 219 Å². The minimum atomic E-state index is -0.964. The van der Waals surface area contributed by atoms with Crippen LogP contribution in [0.4, 0.5) is 10.1 Å². The summed E-state index contributed by atoms with van der Waals surface area (Å²) in [5.74, 6) is -2.07. The molecule has 1 amide bonds. The summed E-state index contributed by atoms with van der Waals surface area (Å²) in [6, 6.07) is 28.0. The third-order valence-corrected chi connectivity index (χ3v) is 6.34. The van der Waals surface area contributed by atoms with Gasteiger partial charge in [-0.05, 0) is 53.6 Å². The fraction of sp³-hybridized carbons (Fsp3) is 0.0968. The molecule has 4 aromatic rings. The van der Waals surface area contributed by atoms with Gasteiger partial charge in [-0.15, -0.1) is 0 Å². The second-order valence-electron chi connectivity index (χ2n) is 8.69. The number of para-hydroxylation sites is 1. The van der Waals surface area contributed by atoms with Crippen LogP contribution in [-0.2, 0) is 16.2 Å². The summed E-state index contributed by atoms with van der Waals surface area (Å²) in [4.78, 5) is 27.9. The third-order valence-electron chi connectivity index (χ3n) is 6.34. The number of carbonyl (C=O) groups excluding carboxylic acids is 2. The Bertz CT molecular complexity index is 1500. The maximum atomic E-state index is 14.1. The van der Waals surface area contributed by atoms with Crippen molar-refractivity contribution in [1.82, 2.24) is 0 Å². The molecule has 1 aliphatic rings. The van der Waals surface area contributed by atoms with E-state index in [1.807, 2.05) is 30.3 Å². The summed E-state index contributed by atoms with van der Waals surface area (Å²) in [7, 11) is 1.37. The van der Waals surface area contributed by atoms with E-state index in [4.69, 9.17) is 9.47 Å².